The fourth-order valence-electron chi connectivity index (χ4n) is 2.06. The average molecular weight is 353 g/mol. The molecule has 0 aromatic heterocycles. The van der Waals surface area contributed by atoms with Crippen LogP contribution >= 0.6 is 24.0 Å². The molecule has 2 rings (SSSR count). The molecule has 21 heavy (non-hydrogen) atoms. The molecule has 1 atom stereocenters. The number of hydrogen-bond donors (Lipinski definition) is 2. The van der Waals surface area contributed by atoms with Gasteiger partial charge in [0.2, 0.25) is 10.0 Å². The lowest BCUT2D eigenvalue weighted by molar-refractivity contribution is 0.547. The molecule has 1 saturated carbocycles. The maximum absolute atomic E-state index is 12.3. The van der Waals surface area contributed by atoms with Gasteiger partial charge in [-0.2, -0.15) is 0 Å². The summed E-state index contributed by atoms with van der Waals surface area (Å²) in [4.78, 5) is 0.133. The minimum absolute atomic E-state index is 0. The smallest absolute Gasteiger partial charge is 0.242 e. The fraction of sp³-hybridized carbons (Fsp3) is 0.571. The molecule has 1 aromatic carbocycles. The average Bonchev–Trinajstić information content (AvgIpc) is 3.20. The first-order valence-electron chi connectivity index (χ1n) is 6.86. The van der Waals surface area contributed by atoms with Crippen LogP contribution in [0.25, 0.3) is 0 Å². The van der Waals surface area contributed by atoms with E-state index in [0.717, 1.165) is 18.4 Å². The van der Waals surface area contributed by atoms with Gasteiger partial charge in [0, 0.05) is 12.6 Å². The summed E-state index contributed by atoms with van der Waals surface area (Å²) in [6.45, 7) is 4.28. The molecule has 120 valence electrons. The first-order chi connectivity index (χ1) is 9.31. The summed E-state index contributed by atoms with van der Waals surface area (Å²) < 4.78 is 27.2. The Morgan fingerprint density at radius 1 is 1.38 bits per heavy atom. The Kier molecular flexibility index (Phi) is 6.50. The van der Waals surface area contributed by atoms with Gasteiger partial charge >= 0.3 is 0 Å². The van der Waals surface area contributed by atoms with Crippen molar-refractivity contribution in [2.24, 2.45) is 11.7 Å². The largest absolute Gasteiger partial charge is 0.326 e. The zero-order chi connectivity index (χ0) is 14.9. The highest BCUT2D eigenvalue weighted by Gasteiger charge is 2.29. The lowest BCUT2D eigenvalue weighted by Gasteiger charge is -2.14. The Morgan fingerprint density at radius 2 is 2.00 bits per heavy atom. The third-order valence-corrected chi connectivity index (χ3v) is 5.55. The molecule has 0 heterocycles. The van der Waals surface area contributed by atoms with Crippen LogP contribution in [0.1, 0.15) is 38.2 Å². The number of sulfonamides is 1. The lowest BCUT2D eigenvalue weighted by atomic mass is 10.0. The molecule has 3 N–H and O–H groups in total. The predicted octanol–water partition coefficient (Wildman–Crippen LogP) is 2.90. The van der Waals surface area contributed by atoms with Crippen LogP contribution in [0.5, 0.6) is 0 Å². The first kappa shape index (κ1) is 18.7. The molecule has 0 saturated heterocycles. The molecule has 0 aliphatic heterocycles. The van der Waals surface area contributed by atoms with Gasteiger partial charge < -0.3 is 5.73 Å². The lowest BCUT2D eigenvalue weighted by Crippen LogP contribution is -2.38. The number of hydrogen-bond acceptors (Lipinski definition) is 3. The number of halogens is 2. The molecule has 0 amide bonds. The van der Waals surface area contributed by atoms with Crippen molar-refractivity contribution in [1.82, 2.24) is 4.72 Å². The molecule has 0 bridgehead atoms. The highest BCUT2D eigenvalue weighted by Crippen LogP contribution is 2.31. The van der Waals surface area contributed by atoms with Crippen molar-refractivity contribution >= 4 is 34.0 Å². The van der Waals surface area contributed by atoms with Crippen molar-refractivity contribution in [1.29, 1.82) is 0 Å². The molecule has 1 aliphatic rings. The van der Waals surface area contributed by atoms with Crippen molar-refractivity contribution in [3.8, 4) is 0 Å². The van der Waals surface area contributed by atoms with Gasteiger partial charge in [-0.25, -0.2) is 13.1 Å². The van der Waals surface area contributed by atoms with E-state index in [-0.39, 0.29) is 40.8 Å². The van der Waals surface area contributed by atoms with Gasteiger partial charge in [0.05, 0.1) is 5.02 Å². The number of nitrogens with one attached hydrogen (secondary N) is 1. The Balaban J connectivity index is 0.00000220. The fourth-order valence-corrected chi connectivity index (χ4v) is 3.67. The Morgan fingerprint density at radius 3 is 2.52 bits per heavy atom. The van der Waals surface area contributed by atoms with Gasteiger partial charge in [0.15, 0.2) is 0 Å². The quantitative estimate of drug-likeness (QED) is 0.826. The monoisotopic (exact) mass is 352 g/mol. The van der Waals surface area contributed by atoms with Crippen molar-refractivity contribution in [2.45, 2.75) is 43.5 Å². The topological polar surface area (TPSA) is 72.2 Å². The summed E-state index contributed by atoms with van der Waals surface area (Å²) >= 11 is 6.03. The second kappa shape index (κ2) is 7.29. The van der Waals surface area contributed by atoms with Crippen LogP contribution in [0.4, 0.5) is 0 Å². The van der Waals surface area contributed by atoms with Gasteiger partial charge in [-0.05, 0) is 42.4 Å². The summed E-state index contributed by atoms with van der Waals surface area (Å²) in [6, 6.07) is 5.00. The third-order valence-electron chi connectivity index (χ3n) is 3.65. The third kappa shape index (κ3) is 4.83. The summed E-state index contributed by atoms with van der Waals surface area (Å²) in [5, 5.41) is 0.238. The summed E-state index contributed by atoms with van der Waals surface area (Å²) in [6.07, 6.45) is 2.18. The van der Waals surface area contributed by atoms with Crippen LogP contribution in [0.3, 0.4) is 0 Å². The van der Waals surface area contributed by atoms with E-state index >= 15 is 0 Å². The van der Waals surface area contributed by atoms with E-state index in [9.17, 15) is 8.42 Å². The minimum Gasteiger partial charge on any atom is -0.326 e. The van der Waals surface area contributed by atoms with Gasteiger partial charge in [-0.1, -0.05) is 31.5 Å². The molecule has 1 fully saturated rings. The predicted molar refractivity (Wildman–Crippen MR) is 88.7 cm³/mol. The standard InChI is InChI=1S/C14H21ClN2O2S.ClH/c1-9(2)11-5-6-12(15)14(7-11)20(18,19)17-8-13(16)10-3-4-10;/h5-7,9-10,13,17H,3-4,8,16H2,1-2H3;1H. The van der Waals surface area contributed by atoms with E-state index in [0.29, 0.717) is 5.92 Å². The highest BCUT2D eigenvalue weighted by molar-refractivity contribution is 7.89. The van der Waals surface area contributed by atoms with Crippen molar-refractivity contribution in [2.75, 3.05) is 6.54 Å². The van der Waals surface area contributed by atoms with E-state index in [2.05, 4.69) is 4.72 Å². The number of benzene rings is 1. The van der Waals surface area contributed by atoms with Crippen LogP contribution in [0.15, 0.2) is 23.1 Å². The molecular formula is C14H22Cl2N2O2S. The summed E-state index contributed by atoms with van der Waals surface area (Å²) in [5.74, 6) is 0.699. The van der Waals surface area contributed by atoms with Crippen LogP contribution in [0, 0.1) is 5.92 Å². The Hall–Kier alpha value is -0.330. The summed E-state index contributed by atoms with van der Waals surface area (Å²) in [7, 11) is -3.61. The highest BCUT2D eigenvalue weighted by atomic mass is 35.5. The molecule has 1 aromatic rings. The van der Waals surface area contributed by atoms with Crippen molar-refractivity contribution < 1.29 is 8.42 Å². The van der Waals surface area contributed by atoms with Gasteiger partial charge in [-0.15, -0.1) is 12.4 Å². The molecule has 4 nitrogen and oxygen atoms in total. The van der Waals surface area contributed by atoms with E-state index in [4.69, 9.17) is 17.3 Å². The second-order valence-corrected chi connectivity index (χ2v) is 7.84. The van der Waals surface area contributed by atoms with Crippen molar-refractivity contribution in [3.05, 3.63) is 28.8 Å². The van der Waals surface area contributed by atoms with Crippen LogP contribution in [-0.2, 0) is 10.0 Å². The van der Waals surface area contributed by atoms with E-state index in [1.165, 1.54) is 0 Å². The van der Waals surface area contributed by atoms with E-state index in [1.807, 2.05) is 19.9 Å². The molecule has 0 radical (unpaired) electrons. The number of rotatable bonds is 6. The van der Waals surface area contributed by atoms with E-state index in [1.54, 1.807) is 12.1 Å². The molecule has 1 unspecified atom stereocenters. The molecule has 1 aliphatic carbocycles. The van der Waals surface area contributed by atoms with Gasteiger partial charge in [0.1, 0.15) is 4.90 Å². The molecular weight excluding hydrogens is 331 g/mol. The molecule has 7 heteroatoms. The molecule has 0 spiro atoms. The summed E-state index contributed by atoms with van der Waals surface area (Å²) in [5.41, 5.74) is 6.87. The van der Waals surface area contributed by atoms with Crippen LogP contribution in [-0.4, -0.2) is 21.0 Å². The van der Waals surface area contributed by atoms with Gasteiger partial charge in [0.25, 0.3) is 0 Å². The maximum atomic E-state index is 12.3. The zero-order valence-electron chi connectivity index (χ0n) is 12.2. The SMILES string of the molecule is CC(C)c1ccc(Cl)c(S(=O)(=O)NCC(N)C2CC2)c1.Cl. The van der Waals surface area contributed by atoms with Gasteiger partial charge in [-0.3, -0.25) is 0 Å². The van der Waals surface area contributed by atoms with E-state index < -0.39 is 10.0 Å². The first-order valence-corrected chi connectivity index (χ1v) is 8.72. The zero-order valence-corrected chi connectivity index (χ0v) is 14.6. The second-order valence-electron chi connectivity index (χ2n) is 5.70. The Labute approximate surface area is 137 Å². The Bertz CT molecular complexity index is 587. The van der Waals surface area contributed by atoms with Crippen molar-refractivity contribution in [3.63, 3.8) is 0 Å². The normalized spacial score (nSPS) is 16.6. The minimum atomic E-state index is -3.61. The van der Waals surface area contributed by atoms with Crippen LogP contribution in [0.2, 0.25) is 5.02 Å². The number of nitrogens with two attached hydrogens (primary N) is 1. The maximum Gasteiger partial charge on any atom is 0.242 e. The van der Waals surface area contributed by atoms with Crippen LogP contribution < -0.4 is 10.5 Å².